The van der Waals surface area contributed by atoms with Gasteiger partial charge in [0.05, 0.1) is 0 Å². The Morgan fingerprint density at radius 1 is 1.12 bits per heavy atom. The minimum Gasteiger partial charge on any atom is -0.405 e. The first-order valence-corrected chi connectivity index (χ1v) is 4.85. The van der Waals surface area contributed by atoms with Gasteiger partial charge in [-0.15, -0.1) is 5.48 Å². The number of rotatable bonds is 0. The van der Waals surface area contributed by atoms with Crippen molar-refractivity contribution in [3.05, 3.63) is 29.8 Å². The zero-order valence-corrected chi connectivity index (χ0v) is 8.44. The van der Waals surface area contributed by atoms with Gasteiger partial charge in [-0.05, 0) is 6.07 Å². The minimum absolute atomic E-state index is 0.399. The molecule has 0 aromatic heterocycles. The molecule has 0 aliphatic carbocycles. The molecule has 86 valence electrons. The van der Waals surface area contributed by atoms with Crippen molar-refractivity contribution in [1.82, 2.24) is 16.1 Å². The van der Waals surface area contributed by atoms with E-state index in [4.69, 9.17) is 4.84 Å². The maximum atomic E-state index is 11.9. The van der Waals surface area contributed by atoms with Crippen molar-refractivity contribution < 1.29 is 19.2 Å². The highest BCUT2D eigenvalue weighted by molar-refractivity contribution is 6.43. The molecule has 0 saturated carbocycles. The lowest BCUT2D eigenvalue weighted by Crippen LogP contribution is -2.69. The van der Waals surface area contributed by atoms with E-state index in [0.29, 0.717) is 11.3 Å². The number of amides is 3. The third-order valence-corrected chi connectivity index (χ3v) is 2.68. The van der Waals surface area contributed by atoms with Crippen LogP contribution in [0.2, 0.25) is 0 Å². The molecule has 7 heteroatoms. The number of hydrogen-bond acceptors (Lipinski definition) is 5. The van der Waals surface area contributed by atoms with Crippen LogP contribution in [0.15, 0.2) is 24.3 Å². The highest BCUT2D eigenvalue weighted by Crippen LogP contribution is 2.35. The third-order valence-electron chi connectivity index (χ3n) is 2.68. The maximum Gasteiger partial charge on any atom is 0.323 e. The van der Waals surface area contributed by atoms with E-state index in [9.17, 15) is 14.4 Å². The zero-order chi connectivity index (χ0) is 12.0. The van der Waals surface area contributed by atoms with Gasteiger partial charge in [0.25, 0.3) is 11.7 Å². The molecule has 1 aromatic carbocycles. The minimum atomic E-state index is -1.62. The molecule has 3 rings (SSSR count). The summed E-state index contributed by atoms with van der Waals surface area (Å²) in [6, 6.07) is 5.88. The predicted molar refractivity (Wildman–Crippen MR) is 53.6 cm³/mol. The van der Waals surface area contributed by atoms with Gasteiger partial charge in [0.15, 0.2) is 5.75 Å². The Morgan fingerprint density at radius 2 is 1.88 bits per heavy atom. The quantitative estimate of drug-likeness (QED) is 0.507. The second-order valence-corrected chi connectivity index (χ2v) is 3.69. The number of ketones is 1. The van der Waals surface area contributed by atoms with Crippen LogP contribution >= 0.6 is 0 Å². The van der Waals surface area contributed by atoms with Gasteiger partial charge in [0, 0.05) is 5.56 Å². The van der Waals surface area contributed by atoms with Crippen molar-refractivity contribution in [2.24, 2.45) is 0 Å². The topological polar surface area (TPSA) is 96.5 Å². The molecule has 0 bridgehead atoms. The Bertz CT molecular complexity index is 556. The first-order valence-electron chi connectivity index (χ1n) is 4.85. The van der Waals surface area contributed by atoms with Crippen molar-refractivity contribution in [3.63, 3.8) is 0 Å². The van der Waals surface area contributed by atoms with E-state index >= 15 is 0 Å². The maximum absolute atomic E-state index is 11.9. The number of para-hydroxylation sites is 1. The van der Waals surface area contributed by atoms with Crippen LogP contribution in [0.25, 0.3) is 0 Å². The summed E-state index contributed by atoms with van der Waals surface area (Å²) in [6.45, 7) is 0. The fourth-order valence-electron chi connectivity index (χ4n) is 1.90. The van der Waals surface area contributed by atoms with E-state index in [-0.39, 0.29) is 0 Å². The van der Waals surface area contributed by atoms with Crippen molar-refractivity contribution in [1.29, 1.82) is 0 Å². The molecule has 2 aliphatic rings. The molecule has 1 unspecified atom stereocenters. The lowest BCUT2D eigenvalue weighted by Gasteiger charge is -2.30. The third kappa shape index (κ3) is 1.16. The number of benzene rings is 1. The zero-order valence-electron chi connectivity index (χ0n) is 8.44. The molecular formula is C10H7N3O4. The molecule has 1 spiro atoms. The summed E-state index contributed by atoms with van der Waals surface area (Å²) in [7, 11) is 0. The predicted octanol–water partition coefficient (Wildman–Crippen LogP) is -0.855. The Labute approximate surface area is 95.1 Å². The molecule has 17 heavy (non-hydrogen) atoms. The monoisotopic (exact) mass is 233 g/mol. The van der Waals surface area contributed by atoms with Crippen LogP contribution in [0.5, 0.6) is 5.75 Å². The first kappa shape index (κ1) is 9.79. The van der Waals surface area contributed by atoms with E-state index in [0.717, 1.165) is 0 Å². The van der Waals surface area contributed by atoms with E-state index in [2.05, 4.69) is 10.8 Å². The van der Waals surface area contributed by atoms with Crippen molar-refractivity contribution >= 4 is 17.7 Å². The second kappa shape index (κ2) is 3.05. The number of nitrogens with one attached hydrogen (secondary N) is 3. The molecule has 1 aromatic rings. The van der Waals surface area contributed by atoms with Crippen LogP contribution in [0, 0.1) is 0 Å². The number of Topliss-reactive ketones (excluding diaryl/α,β-unsaturated/α-hetero) is 1. The first-order chi connectivity index (χ1) is 8.13. The van der Waals surface area contributed by atoms with Crippen molar-refractivity contribution in [3.8, 4) is 5.75 Å². The summed E-state index contributed by atoms with van der Waals surface area (Å²) in [5.74, 6) is -1.39. The largest absolute Gasteiger partial charge is 0.405 e. The molecule has 3 N–H and O–H groups in total. The summed E-state index contributed by atoms with van der Waals surface area (Å²) in [5, 5.41) is 4.25. The summed E-state index contributed by atoms with van der Waals surface area (Å²) >= 11 is 0. The van der Waals surface area contributed by atoms with Gasteiger partial charge >= 0.3 is 6.03 Å². The molecule has 2 heterocycles. The van der Waals surface area contributed by atoms with Crippen LogP contribution in [-0.4, -0.2) is 17.7 Å². The second-order valence-electron chi connectivity index (χ2n) is 3.69. The molecule has 3 amide bonds. The number of urea groups is 1. The smallest absolute Gasteiger partial charge is 0.323 e. The standard InChI is InChI=1S/C10H7N3O4/c14-7-8(15)11-9(16)12-10(7)5-3-1-2-4-6(5)17-13-10/h1-4,13H,(H2,11,12,15,16). The summed E-state index contributed by atoms with van der Waals surface area (Å²) < 4.78 is 0. The van der Waals surface area contributed by atoms with Gasteiger partial charge in [0.2, 0.25) is 5.66 Å². The van der Waals surface area contributed by atoms with Crippen LogP contribution in [0.4, 0.5) is 4.79 Å². The summed E-state index contributed by atoms with van der Waals surface area (Å²) in [4.78, 5) is 39.6. The number of carbonyl (C=O) groups excluding carboxylic acids is 3. The van der Waals surface area contributed by atoms with E-state index in [1.807, 2.05) is 5.32 Å². The fourth-order valence-corrected chi connectivity index (χ4v) is 1.90. The Kier molecular flexibility index (Phi) is 1.75. The van der Waals surface area contributed by atoms with Crippen LogP contribution < -0.4 is 21.0 Å². The lowest BCUT2D eigenvalue weighted by atomic mass is 9.93. The molecular weight excluding hydrogens is 226 g/mol. The van der Waals surface area contributed by atoms with E-state index < -0.39 is 23.4 Å². The lowest BCUT2D eigenvalue weighted by molar-refractivity contribution is -0.145. The van der Waals surface area contributed by atoms with Gasteiger partial charge in [-0.3, -0.25) is 14.9 Å². The molecule has 2 aliphatic heterocycles. The molecule has 1 saturated heterocycles. The van der Waals surface area contributed by atoms with E-state index in [1.54, 1.807) is 24.3 Å². The van der Waals surface area contributed by atoms with Crippen molar-refractivity contribution in [2.45, 2.75) is 5.66 Å². The number of imide groups is 1. The highest BCUT2D eigenvalue weighted by atomic mass is 16.7. The summed E-state index contributed by atoms with van der Waals surface area (Å²) in [6.07, 6.45) is 0. The molecule has 7 nitrogen and oxygen atoms in total. The Hall–Kier alpha value is -2.41. The normalized spacial score (nSPS) is 26.2. The number of hydroxylamine groups is 1. The van der Waals surface area contributed by atoms with Gasteiger partial charge in [-0.2, -0.15) is 0 Å². The Morgan fingerprint density at radius 3 is 2.71 bits per heavy atom. The number of hydrogen-bond donors (Lipinski definition) is 3. The van der Waals surface area contributed by atoms with Gasteiger partial charge in [-0.25, -0.2) is 4.79 Å². The van der Waals surface area contributed by atoms with E-state index in [1.165, 1.54) is 0 Å². The molecule has 1 fully saturated rings. The highest BCUT2D eigenvalue weighted by Gasteiger charge is 2.54. The van der Waals surface area contributed by atoms with Crippen LogP contribution in [-0.2, 0) is 15.3 Å². The SMILES string of the molecule is O=C1NC(=O)C(=O)C2(NOc3ccccc32)N1. The average Bonchev–Trinajstić information content (AvgIpc) is 2.67. The molecule has 0 radical (unpaired) electrons. The number of carbonyl (C=O) groups is 3. The fraction of sp³-hybridized carbons (Fsp3) is 0.100. The van der Waals surface area contributed by atoms with Gasteiger partial charge in [-0.1, -0.05) is 18.2 Å². The van der Waals surface area contributed by atoms with Gasteiger partial charge in [0.1, 0.15) is 0 Å². The number of fused-ring (bicyclic) bond motifs is 2. The van der Waals surface area contributed by atoms with Crippen LogP contribution in [0.1, 0.15) is 5.56 Å². The average molecular weight is 233 g/mol. The van der Waals surface area contributed by atoms with Gasteiger partial charge < -0.3 is 10.2 Å². The summed E-state index contributed by atoms with van der Waals surface area (Å²) in [5.41, 5.74) is 1.20. The van der Waals surface area contributed by atoms with Crippen molar-refractivity contribution in [2.75, 3.05) is 0 Å². The molecule has 1 atom stereocenters. The van der Waals surface area contributed by atoms with Crippen LogP contribution in [0.3, 0.4) is 0 Å². The Balaban J connectivity index is 2.16.